The number of ether oxygens (including phenoxy) is 1. The Hall–Kier alpha value is -2.94. The molecule has 0 aromatic heterocycles. The van der Waals surface area contributed by atoms with Gasteiger partial charge in [0.05, 0.1) is 12.8 Å². The van der Waals surface area contributed by atoms with Gasteiger partial charge in [0.25, 0.3) is 5.91 Å². The number of nitrogens with one attached hydrogen (secondary N) is 2. The molecule has 4 amide bonds. The number of urea groups is 1. The van der Waals surface area contributed by atoms with Gasteiger partial charge in [-0.15, -0.1) is 0 Å². The highest BCUT2D eigenvalue weighted by Crippen LogP contribution is 2.20. The SMILES string of the molecule is COc1ccc(CCN2C(=O)NC(CCC(=O)Nc3ccc(Br)cc3F)C2=O)cc1. The topological polar surface area (TPSA) is 87.7 Å². The number of nitrogens with zero attached hydrogens (tertiary/aromatic N) is 1. The summed E-state index contributed by atoms with van der Waals surface area (Å²) in [7, 11) is 1.58. The minimum absolute atomic E-state index is 0.0293. The number of imide groups is 1. The van der Waals surface area contributed by atoms with E-state index in [0.717, 1.165) is 16.2 Å². The zero-order valence-corrected chi connectivity index (χ0v) is 17.9. The van der Waals surface area contributed by atoms with Gasteiger partial charge in [-0.3, -0.25) is 14.5 Å². The number of halogens is 2. The van der Waals surface area contributed by atoms with Gasteiger partial charge in [0.15, 0.2) is 0 Å². The van der Waals surface area contributed by atoms with Crippen molar-refractivity contribution in [2.24, 2.45) is 0 Å². The Bertz CT molecular complexity index is 952. The van der Waals surface area contributed by atoms with Crippen LogP contribution in [0, 0.1) is 5.82 Å². The largest absolute Gasteiger partial charge is 0.497 e. The Labute approximate surface area is 181 Å². The number of hydrogen-bond donors (Lipinski definition) is 2. The molecule has 9 heteroatoms. The van der Waals surface area contributed by atoms with Crippen molar-refractivity contribution in [1.29, 1.82) is 0 Å². The minimum atomic E-state index is -0.770. The normalized spacial score (nSPS) is 15.8. The molecule has 1 heterocycles. The zero-order chi connectivity index (χ0) is 21.7. The molecule has 2 N–H and O–H groups in total. The second-order valence-electron chi connectivity index (χ2n) is 6.80. The first-order chi connectivity index (χ1) is 14.4. The van der Waals surface area contributed by atoms with Crippen molar-refractivity contribution >= 4 is 39.5 Å². The number of hydrogen-bond acceptors (Lipinski definition) is 4. The summed E-state index contributed by atoms with van der Waals surface area (Å²) in [4.78, 5) is 37.9. The molecule has 0 radical (unpaired) electrons. The number of methoxy groups -OCH3 is 1. The number of anilines is 1. The average Bonchev–Trinajstić information content (AvgIpc) is 3.00. The molecule has 1 atom stereocenters. The van der Waals surface area contributed by atoms with Crippen LogP contribution in [0.25, 0.3) is 0 Å². The summed E-state index contributed by atoms with van der Waals surface area (Å²) < 4.78 is 19.5. The van der Waals surface area contributed by atoms with Gasteiger partial charge >= 0.3 is 6.03 Å². The quantitative estimate of drug-likeness (QED) is 0.569. The Morgan fingerprint density at radius 1 is 1.23 bits per heavy atom. The summed E-state index contributed by atoms with van der Waals surface area (Å²) in [6, 6.07) is 10.4. The third-order valence-electron chi connectivity index (χ3n) is 4.76. The Kier molecular flexibility index (Phi) is 7.04. The van der Waals surface area contributed by atoms with Gasteiger partial charge in [-0.25, -0.2) is 9.18 Å². The van der Waals surface area contributed by atoms with Crippen LogP contribution in [0.15, 0.2) is 46.9 Å². The summed E-state index contributed by atoms with van der Waals surface area (Å²) in [5.74, 6) is -0.631. The van der Waals surface area contributed by atoms with Gasteiger partial charge < -0.3 is 15.4 Å². The van der Waals surface area contributed by atoms with Crippen molar-refractivity contribution in [2.75, 3.05) is 19.0 Å². The van der Waals surface area contributed by atoms with Crippen molar-refractivity contribution < 1.29 is 23.5 Å². The predicted molar refractivity (Wildman–Crippen MR) is 113 cm³/mol. The molecule has 1 unspecified atom stereocenters. The Morgan fingerprint density at radius 2 is 1.97 bits per heavy atom. The highest BCUT2D eigenvalue weighted by molar-refractivity contribution is 9.10. The molecule has 2 aromatic rings. The van der Waals surface area contributed by atoms with Crippen LogP contribution in [-0.4, -0.2) is 42.4 Å². The Balaban J connectivity index is 1.49. The number of rotatable bonds is 8. The van der Waals surface area contributed by atoms with E-state index in [1.165, 1.54) is 12.1 Å². The van der Waals surface area contributed by atoms with E-state index >= 15 is 0 Å². The van der Waals surface area contributed by atoms with Gasteiger partial charge in [-0.1, -0.05) is 28.1 Å². The molecule has 1 aliphatic heterocycles. The third-order valence-corrected chi connectivity index (χ3v) is 5.25. The van der Waals surface area contributed by atoms with Crippen molar-refractivity contribution in [2.45, 2.75) is 25.3 Å². The number of benzene rings is 2. The van der Waals surface area contributed by atoms with E-state index in [1.807, 2.05) is 24.3 Å². The van der Waals surface area contributed by atoms with Crippen LogP contribution in [0.4, 0.5) is 14.9 Å². The smallest absolute Gasteiger partial charge is 0.324 e. The second-order valence-corrected chi connectivity index (χ2v) is 7.72. The van der Waals surface area contributed by atoms with Gasteiger partial charge in [0, 0.05) is 17.4 Å². The summed E-state index contributed by atoms with van der Waals surface area (Å²) in [5, 5.41) is 5.08. The van der Waals surface area contributed by atoms with Gasteiger partial charge in [0.1, 0.15) is 17.6 Å². The highest BCUT2D eigenvalue weighted by Gasteiger charge is 2.37. The molecule has 1 fully saturated rings. The maximum Gasteiger partial charge on any atom is 0.324 e. The van der Waals surface area contributed by atoms with E-state index in [9.17, 15) is 18.8 Å². The molecule has 7 nitrogen and oxygen atoms in total. The second kappa shape index (κ2) is 9.71. The van der Waals surface area contributed by atoms with Crippen LogP contribution in [0.1, 0.15) is 18.4 Å². The molecule has 2 aromatic carbocycles. The minimum Gasteiger partial charge on any atom is -0.497 e. The molecule has 3 rings (SSSR count). The monoisotopic (exact) mass is 477 g/mol. The highest BCUT2D eigenvalue weighted by atomic mass is 79.9. The number of carbonyl (C=O) groups excluding carboxylic acids is 3. The summed E-state index contributed by atoms with van der Waals surface area (Å²) in [5.41, 5.74) is 1.03. The lowest BCUT2D eigenvalue weighted by Gasteiger charge is -2.13. The fourth-order valence-corrected chi connectivity index (χ4v) is 3.43. The first-order valence-electron chi connectivity index (χ1n) is 9.37. The number of amides is 4. The molecule has 0 saturated carbocycles. The summed E-state index contributed by atoms with van der Waals surface area (Å²) in [6.45, 7) is 0.240. The first-order valence-corrected chi connectivity index (χ1v) is 10.2. The van der Waals surface area contributed by atoms with Crippen molar-refractivity contribution in [1.82, 2.24) is 10.2 Å². The molecule has 1 saturated heterocycles. The fourth-order valence-electron chi connectivity index (χ4n) is 3.10. The molecular formula is C21H21BrFN3O4. The van der Waals surface area contributed by atoms with Gasteiger partial charge in [0.2, 0.25) is 5.91 Å². The van der Waals surface area contributed by atoms with Crippen molar-refractivity contribution in [3.63, 3.8) is 0 Å². The lowest BCUT2D eigenvalue weighted by Crippen LogP contribution is -2.33. The first kappa shape index (κ1) is 21.8. The van der Waals surface area contributed by atoms with E-state index in [0.29, 0.717) is 10.9 Å². The lowest BCUT2D eigenvalue weighted by molar-refractivity contribution is -0.127. The molecule has 1 aliphatic rings. The maximum absolute atomic E-state index is 13.8. The molecule has 0 aliphatic carbocycles. The lowest BCUT2D eigenvalue weighted by atomic mass is 10.1. The Morgan fingerprint density at radius 3 is 2.63 bits per heavy atom. The van der Waals surface area contributed by atoms with Crippen LogP contribution in [0.2, 0.25) is 0 Å². The van der Waals surface area contributed by atoms with Crippen LogP contribution >= 0.6 is 15.9 Å². The van der Waals surface area contributed by atoms with E-state index in [-0.39, 0.29) is 31.0 Å². The van der Waals surface area contributed by atoms with Gasteiger partial charge in [-0.2, -0.15) is 0 Å². The molecule has 0 spiro atoms. The fraction of sp³-hybridized carbons (Fsp3) is 0.286. The maximum atomic E-state index is 13.8. The van der Waals surface area contributed by atoms with Crippen LogP contribution in [-0.2, 0) is 16.0 Å². The molecule has 30 heavy (non-hydrogen) atoms. The van der Waals surface area contributed by atoms with Crippen LogP contribution in [0.5, 0.6) is 5.75 Å². The van der Waals surface area contributed by atoms with E-state index in [4.69, 9.17) is 4.74 Å². The van der Waals surface area contributed by atoms with Gasteiger partial charge in [-0.05, 0) is 48.7 Å². The van der Waals surface area contributed by atoms with Crippen molar-refractivity contribution in [3.8, 4) is 5.75 Å². The van der Waals surface area contributed by atoms with Crippen molar-refractivity contribution in [3.05, 3.63) is 58.3 Å². The molecule has 158 valence electrons. The zero-order valence-electron chi connectivity index (χ0n) is 16.3. The average molecular weight is 478 g/mol. The van der Waals surface area contributed by atoms with Crippen LogP contribution in [0.3, 0.4) is 0 Å². The number of carbonyl (C=O) groups is 3. The molecular weight excluding hydrogens is 457 g/mol. The predicted octanol–water partition coefficient (Wildman–Crippen LogP) is 3.48. The van der Waals surface area contributed by atoms with E-state index in [2.05, 4.69) is 26.6 Å². The van der Waals surface area contributed by atoms with E-state index < -0.39 is 23.8 Å². The van der Waals surface area contributed by atoms with E-state index in [1.54, 1.807) is 13.2 Å². The van der Waals surface area contributed by atoms with Crippen LogP contribution < -0.4 is 15.4 Å². The summed E-state index contributed by atoms with van der Waals surface area (Å²) in [6.07, 6.45) is 0.616. The summed E-state index contributed by atoms with van der Waals surface area (Å²) >= 11 is 3.15. The standard InChI is InChI=1S/C21H21BrFN3O4/c1-30-15-5-2-13(3-6-15)10-11-26-20(28)18(25-21(26)29)8-9-19(27)24-17-7-4-14(22)12-16(17)23/h2-7,12,18H,8-11H2,1H3,(H,24,27)(H,25,29). The molecule has 0 bridgehead atoms. The third kappa shape index (κ3) is 5.35.